The number of halogens is 1. The van der Waals surface area contributed by atoms with Crippen LogP contribution in [0.5, 0.6) is 5.75 Å². The first-order valence-corrected chi connectivity index (χ1v) is 10.4. The van der Waals surface area contributed by atoms with Gasteiger partial charge in [-0.3, -0.25) is 9.10 Å². The van der Waals surface area contributed by atoms with Crippen LogP contribution in [0.1, 0.15) is 18.4 Å². The summed E-state index contributed by atoms with van der Waals surface area (Å²) in [6, 6.07) is 12.6. The molecule has 144 valence electrons. The second-order valence-electron chi connectivity index (χ2n) is 6.49. The van der Waals surface area contributed by atoms with Crippen molar-refractivity contribution in [3.8, 4) is 5.75 Å². The molecular weight excluding hydrogens is 371 g/mol. The van der Waals surface area contributed by atoms with Crippen molar-refractivity contribution in [3.63, 3.8) is 0 Å². The van der Waals surface area contributed by atoms with Gasteiger partial charge in [-0.15, -0.1) is 0 Å². The van der Waals surface area contributed by atoms with E-state index in [9.17, 15) is 17.6 Å². The first-order valence-electron chi connectivity index (χ1n) is 8.56. The molecule has 27 heavy (non-hydrogen) atoms. The maximum absolute atomic E-state index is 13.9. The van der Waals surface area contributed by atoms with Crippen LogP contribution in [-0.2, 0) is 21.4 Å². The van der Waals surface area contributed by atoms with Gasteiger partial charge in [-0.1, -0.05) is 18.2 Å². The second kappa shape index (κ2) is 7.96. The van der Waals surface area contributed by atoms with Gasteiger partial charge in [0.25, 0.3) is 5.91 Å². The van der Waals surface area contributed by atoms with E-state index in [1.807, 2.05) is 0 Å². The first kappa shape index (κ1) is 19.2. The largest absolute Gasteiger partial charge is 0.484 e. The molecule has 0 saturated heterocycles. The van der Waals surface area contributed by atoms with E-state index >= 15 is 0 Å². The van der Waals surface area contributed by atoms with Gasteiger partial charge in [0, 0.05) is 11.6 Å². The zero-order chi connectivity index (χ0) is 19.4. The van der Waals surface area contributed by atoms with Crippen LogP contribution in [0, 0.1) is 5.82 Å². The third-order valence-electron chi connectivity index (χ3n) is 4.11. The van der Waals surface area contributed by atoms with Crippen molar-refractivity contribution in [1.29, 1.82) is 0 Å². The topological polar surface area (TPSA) is 75.7 Å². The molecule has 1 aliphatic carbocycles. The summed E-state index contributed by atoms with van der Waals surface area (Å²) in [4.78, 5) is 11.6. The molecule has 8 heteroatoms. The Bertz CT molecular complexity index is 912. The monoisotopic (exact) mass is 392 g/mol. The SMILES string of the molecule is CS(=O)(=O)N(Cc1ccccc1F)c1ccc(OCC(=O)NC2CC2)cc1. The number of nitrogens with zero attached hydrogens (tertiary/aromatic N) is 1. The molecule has 0 aliphatic heterocycles. The number of rotatable bonds is 8. The van der Waals surface area contributed by atoms with Gasteiger partial charge in [-0.05, 0) is 43.2 Å². The number of ether oxygens (including phenoxy) is 1. The fraction of sp³-hybridized carbons (Fsp3) is 0.316. The zero-order valence-corrected chi connectivity index (χ0v) is 15.7. The fourth-order valence-corrected chi connectivity index (χ4v) is 3.41. The average Bonchev–Trinajstić information content (AvgIpc) is 3.43. The van der Waals surface area contributed by atoms with E-state index in [1.54, 1.807) is 42.5 Å². The van der Waals surface area contributed by atoms with Crippen LogP contribution in [0.4, 0.5) is 10.1 Å². The third kappa shape index (κ3) is 5.43. The molecule has 1 N–H and O–H groups in total. The van der Waals surface area contributed by atoms with E-state index in [2.05, 4.69) is 5.32 Å². The summed E-state index contributed by atoms with van der Waals surface area (Å²) in [7, 11) is -3.62. The summed E-state index contributed by atoms with van der Waals surface area (Å²) in [6.45, 7) is -0.212. The second-order valence-corrected chi connectivity index (χ2v) is 8.39. The lowest BCUT2D eigenvalue weighted by atomic mass is 10.2. The van der Waals surface area contributed by atoms with Crippen LogP contribution in [0.25, 0.3) is 0 Å². The number of benzene rings is 2. The Hall–Kier alpha value is -2.61. The summed E-state index contributed by atoms with van der Waals surface area (Å²) in [5.74, 6) is -0.198. The van der Waals surface area contributed by atoms with E-state index in [0.717, 1.165) is 23.4 Å². The molecule has 1 aliphatic rings. The molecule has 1 amide bonds. The molecule has 2 aromatic rings. The molecule has 0 radical (unpaired) electrons. The van der Waals surface area contributed by atoms with Crippen molar-refractivity contribution in [3.05, 3.63) is 59.9 Å². The summed E-state index contributed by atoms with van der Waals surface area (Å²) in [5.41, 5.74) is 0.663. The predicted octanol–water partition coefficient (Wildman–Crippen LogP) is 2.45. The standard InChI is InChI=1S/C19H21FN2O4S/c1-27(24,25)22(12-14-4-2-3-5-18(14)20)16-8-10-17(11-9-16)26-13-19(23)21-15-6-7-15/h2-5,8-11,15H,6-7,12-13H2,1H3,(H,21,23). The Balaban J connectivity index is 1.69. The first-order chi connectivity index (χ1) is 12.8. The van der Waals surface area contributed by atoms with E-state index in [1.165, 1.54) is 6.07 Å². The van der Waals surface area contributed by atoms with Crippen LogP contribution >= 0.6 is 0 Å². The molecule has 0 unspecified atom stereocenters. The normalized spacial score (nSPS) is 13.9. The molecule has 3 rings (SSSR count). The van der Waals surface area contributed by atoms with Gasteiger partial charge < -0.3 is 10.1 Å². The van der Waals surface area contributed by atoms with Gasteiger partial charge in [0.15, 0.2) is 6.61 Å². The predicted molar refractivity (Wildman–Crippen MR) is 101 cm³/mol. The van der Waals surface area contributed by atoms with Gasteiger partial charge in [0.05, 0.1) is 18.5 Å². The van der Waals surface area contributed by atoms with Gasteiger partial charge in [0.2, 0.25) is 10.0 Å². The van der Waals surface area contributed by atoms with Crippen LogP contribution in [0.3, 0.4) is 0 Å². The highest BCUT2D eigenvalue weighted by molar-refractivity contribution is 7.92. The summed E-state index contributed by atoms with van der Waals surface area (Å²) < 4.78 is 44.8. The minimum Gasteiger partial charge on any atom is -0.484 e. The molecule has 2 aromatic carbocycles. The smallest absolute Gasteiger partial charge is 0.258 e. The van der Waals surface area contributed by atoms with Crippen LogP contribution in [0.2, 0.25) is 0 Å². The molecule has 0 atom stereocenters. The maximum atomic E-state index is 13.9. The Morgan fingerprint density at radius 2 is 1.85 bits per heavy atom. The van der Waals surface area contributed by atoms with E-state index < -0.39 is 15.8 Å². The van der Waals surface area contributed by atoms with Gasteiger partial charge >= 0.3 is 0 Å². The third-order valence-corrected chi connectivity index (χ3v) is 5.25. The number of carbonyl (C=O) groups is 1. The van der Waals surface area contributed by atoms with Crippen molar-refractivity contribution in [2.45, 2.75) is 25.4 Å². The highest BCUT2D eigenvalue weighted by Gasteiger charge is 2.23. The van der Waals surface area contributed by atoms with Gasteiger partial charge in [-0.25, -0.2) is 12.8 Å². The van der Waals surface area contributed by atoms with Crippen molar-refractivity contribution in [2.75, 3.05) is 17.2 Å². The number of anilines is 1. The number of amides is 1. The van der Waals surface area contributed by atoms with Crippen molar-refractivity contribution >= 4 is 21.6 Å². The van der Waals surface area contributed by atoms with Crippen LogP contribution in [0.15, 0.2) is 48.5 Å². The fourth-order valence-electron chi connectivity index (χ4n) is 2.54. The summed E-state index contributed by atoms with van der Waals surface area (Å²) >= 11 is 0. The lowest BCUT2D eigenvalue weighted by Gasteiger charge is -2.23. The Morgan fingerprint density at radius 1 is 1.19 bits per heavy atom. The number of hydrogen-bond donors (Lipinski definition) is 1. The lowest BCUT2D eigenvalue weighted by Crippen LogP contribution is -2.30. The average molecular weight is 392 g/mol. The molecule has 0 spiro atoms. The lowest BCUT2D eigenvalue weighted by molar-refractivity contribution is -0.123. The Morgan fingerprint density at radius 3 is 2.44 bits per heavy atom. The molecule has 0 aromatic heterocycles. The Kier molecular flexibility index (Phi) is 5.65. The van der Waals surface area contributed by atoms with Crippen LogP contribution in [-0.4, -0.2) is 33.2 Å². The number of sulfonamides is 1. The van der Waals surface area contributed by atoms with Crippen molar-refractivity contribution in [1.82, 2.24) is 5.32 Å². The van der Waals surface area contributed by atoms with Gasteiger partial charge in [0.1, 0.15) is 11.6 Å². The summed E-state index contributed by atoms with van der Waals surface area (Å²) in [6.07, 6.45) is 3.08. The van der Waals surface area contributed by atoms with Crippen molar-refractivity contribution < 1.29 is 22.3 Å². The van der Waals surface area contributed by atoms with Gasteiger partial charge in [-0.2, -0.15) is 0 Å². The number of carbonyl (C=O) groups excluding carboxylic acids is 1. The minimum atomic E-state index is -3.62. The quantitative estimate of drug-likeness (QED) is 0.749. The van der Waals surface area contributed by atoms with Crippen LogP contribution < -0.4 is 14.4 Å². The zero-order valence-electron chi connectivity index (χ0n) is 14.9. The molecule has 1 fully saturated rings. The number of nitrogens with one attached hydrogen (secondary N) is 1. The molecule has 6 nitrogen and oxygen atoms in total. The van der Waals surface area contributed by atoms with E-state index in [-0.39, 0.29) is 30.7 Å². The molecular formula is C19H21FN2O4S. The minimum absolute atomic E-state index is 0.0964. The summed E-state index contributed by atoms with van der Waals surface area (Å²) in [5, 5.41) is 2.82. The Labute approximate surface area is 158 Å². The van der Waals surface area contributed by atoms with E-state index in [4.69, 9.17) is 4.74 Å². The van der Waals surface area contributed by atoms with E-state index in [0.29, 0.717) is 11.4 Å². The maximum Gasteiger partial charge on any atom is 0.258 e. The van der Waals surface area contributed by atoms with Crippen molar-refractivity contribution in [2.24, 2.45) is 0 Å². The molecule has 0 heterocycles. The highest BCUT2D eigenvalue weighted by atomic mass is 32.2. The number of hydrogen-bond acceptors (Lipinski definition) is 4. The molecule has 0 bridgehead atoms. The highest BCUT2D eigenvalue weighted by Crippen LogP contribution is 2.24. The molecule has 1 saturated carbocycles.